The van der Waals surface area contributed by atoms with E-state index >= 15 is 0 Å². The molecule has 1 aliphatic carbocycles. The summed E-state index contributed by atoms with van der Waals surface area (Å²) in [6.07, 6.45) is 17.3. The molecule has 0 aromatic carbocycles. The van der Waals surface area contributed by atoms with Gasteiger partial charge in [0.15, 0.2) is 5.82 Å². The molecule has 3 aliphatic rings. The zero-order valence-electron chi connectivity index (χ0n) is 18.5. The van der Waals surface area contributed by atoms with Crippen LogP contribution in [0.4, 0.5) is 5.82 Å². The maximum atomic E-state index is 12.9. The molecule has 5 rings (SSSR count). The summed E-state index contributed by atoms with van der Waals surface area (Å²) in [5.41, 5.74) is 9.21. The maximum Gasteiger partial charge on any atom is 0.244 e. The molecule has 2 saturated heterocycles. The minimum absolute atomic E-state index is 0.0563. The minimum Gasteiger partial charge on any atom is -0.308 e. The van der Waals surface area contributed by atoms with E-state index in [4.69, 9.17) is 0 Å². The molecule has 3 N–H and O–H groups in total. The van der Waals surface area contributed by atoms with Crippen LogP contribution < -0.4 is 16.2 Å². The zero-order valence-corrected chi connectivity index (χ0v) is 18.5. The van der Waals surface area contributed by atoms with Crippen molar-refractivity contribution in [2.75, 3.05) is 18.4 Å². The summed E-state index contributed by atoms with van der Waals surface area (Å²) in [7, 11) is 0. The number of likely N-dealkylation sites (tertiary alicyclic amines) is 1. The Morgan fingerprint density at radius 2 is 1.91 bits per heavy atom. The Bertz CT molecular complexity index is 900. The molecular formula is C24H33N7O. The van der Waals surface area contributed by atoms with E-state index in [0.717, 1.165) is 25.8 Å². The van der Waals surface area contributed by atoms with Crippen LogP contribution in [0.5, 0.6) is 0 Å². The normalized spacial score (nSPS) is 28.6. The molecule has 0 bridgehead atoms. The average Bonchev–Trinajstić information content (AvgIpc) is 3.08. The summed E-state index contributed by atoms with van der Waals surface area (Å²) in [6.45, 7) is 3.38. The fraction of sp³-hybridized carbons (Fsp3) is 0.583. The number of rotatable bonds is 5. The molecule has 4 atom stereocenters. The molecule has 2 aromatic heterocycles. The first kappa shape index (κ1) is 21.4. The number of aromatic nitrogens is 3. The van der Waals surface area contributed by atoms with E-state index in [1.165, 1.54) is 49.9 Å². The lowest BCUT2D eigenvalue weighted by Gasteiger charge is -2.33. The molecular weight excluding hydrogens is 402 g/mol. The van der Waals surface area contributed by atoms with E-state index < -0.39 is 0 Å². The molecule has 1 amide bonds. The van der Waals surface area contributed by atoms with Crippen molar-refractivity contribution >= 4 is 11.7 Å². The van der Waals surface area contributed by atoms with Crippen LogP contribution in [0.25, 0.3) is 0 Å². The van der Waals surface area contributed by atoms with Crippen molar-refractivity contribution in [3.63, 3.8) is 0 Å². The van der Waals surface area contributed by atoms with Gasteiger partial charge in [0.25, 0.3) is 0 Å². The van der Waals surface area contributed by atoms with E-state index in [9.17, 15) is 4.79 Å². The molecule has 2 aliphatic heterocycles. The van der Waals surface area contributed by atoms with Crippen molar-refractivity contribution < 1.29 is 4.79 Å². The van der Waals surface area contributed by atoms with Gasteiger partial charge in [-0.1, -0.05) is 18.9 Å². The first-order valence-electron chi connectivity index (χ1n) is 12.0. The molecule has 4 heterocycles. The number of carbonyl (C=O) groups is 1. The van der Waals surface area contributed by atoms with Crippen molar-refractivity contribution in [1.82, 2.24) is 30.7 Å². The molecule has 8 nitrogen and oxygen atoms in total. The zero-order chi connectivity index (χ0) is 21.8. The van der Waals surface area contributed by atoms with E-state index in [-0.39, 0.29) is 17.9 Å². The van der Waals surface area contributed by atoms with Crippen molar-refractivity contribution in [1.29, 1.82) is 0 Å². The highest BCUT2D eigenvalue weighted by atomic mass is 16.2. The van der Waals surface area contributed by atoms with Crippen LogP contribution in [0.15, 0.2) is 37.1 Å². The monoisotopic (exact) mass is 435 g/mol. The van der Waals surface area contributed by atoms with Gasteiger partial charge in [-0.25, -0.2) is 10.4 Å². The Kier molecular flexibility index (Phi) is 6.71. The molecule has 170 valence electrons. The van der Waals surface area contributed by atoms with E-state index in [1.807, 2.05) is 12.4 Å². The van der Waals surface area contributed by atoms with Crippen molar-refractivity contribution in [2.45, 2.75) is 69.5 Å². The number of hydrogen-bond donors (Lipinski definition) is 3. The number of nitrogens with zero attached hydrogens (tertiary/aromatic N) is 4. The number of amides is 1. The second-order valence-corrected chi connectivity index (χ2v) is 9.44. The number of pyridine rings is 1. The summed E-state index contributed by atoms with van der Waals surface area (Å²) in [5.74, 6) is 1.10. The Balaban J connectivity index is 1.24. The molecule has 8 heteroatoms. The lowest BCUT2D eigenvalue weighted by molar-refractivity contribution is -0.119. The SMILES string of the molecule is O=C(Nc1cnccn1)C1NNC2CCC(c3cncc(CN4CCCCCC4)c3)CC21. The third-order valence-electron chi connectivity index (χ3n) is 7.24. The van der Waals surface area contributed by atoms with Gasteiger partial charge >= 0.3 is 0 Å². The average molecular weight is 436 g/mol. The molecule has 4 unspecified atom stereocenters. The molecule has 1 saturated carbocycles. The van der Waals surface area contributed by atoms with Crippen molar-refractivity contribution in [3.05, 3.63) is 48.2 Å². The van der Waals surface area contributed by atoms with Gasteiger partial charge in [-0.3, -0.25) is 25.1 Å². The van der Waals surface area contributed by atoms with Crippen LogP contribution in [0, 0.1) is 5.92 Å². The summed E-state index contributed by atoms with van der Waals surface area (Å²) in [4.78, 5) is 28.3. The van der Waals surface area contributed by atoms with Gasteiger partial charge in [-0.2, -0.15) is 0 Å². The molecule has 2 aromatic rings. The lowest BCUT2D eigenvalue weighted by atomic mass is 9.73. The van der Waals surface area contributed by atoms with E-state index in [0.29, 0.717) is 17.8 Å². The van der Waals surface area contributed by atoms with Crippen molar-refractivity contribution in [2.24, 2.45) is 5.92 Å². The summed E-state index contributed by atoms with van der Waals surface area (Å²) in [6, 6.07) is 2.39. The minimum atomic E-state index is -0.280. The predicted molar refractivity (Wildman–Crippen MR) is 123 cm³/mol. The number of carbonyl (C=O) groups excluding carboxylic acids is 1. The predicted octanol–water partition coefficient (Wildman–Crippen LogP) is 2.61. The standard InChI is InChI=1S/C24H33N7O/c32-24(28-22-15-25-7-8-27-22)23-20-12-18(5-6-21(20)29-30-23)19-11-17(13-26-14-19)16-31-9-3-1-2-4-10-31/h7-8,11,13-15,18,20-21,23,29-30H,1-6,9-10,12,16H2,(H,27,28,32). The Morgan fingerprint density at radius 3 is 2.72 bits per heavy atom. The highest BCUT2D eigenvalue weighted by molar-refractivity contribution is 5.94. The first-order chi connectivity index (χ1) is 15.8. The fourth-order valence-corrected chi connectivity index (χ4v) is 5.56. The van der Waals surface area contributed by atoms with Crippen LogP contribution in [-0.2, 0) is 11.3 Å². The van der Waals surface area contributed by atoms with Crippen LogP contribution in [0.1, 0.15) is 62.0 Å². The smallest absolute Gasteiger partial charge is 0.244 e. The van der Waals surface area contributed by atoms with Crippen LogP contribution in [-0.4, -0.2) is 50.9 Å². The Morgan fingerprint density at radius 1 is 1.03 bits per heavy atom. The van der Waals surface area contributed by atoms with Crippen LogP contribution >= 0.6 is 0 Å². The summed E-state index contributed by atoms with van der Waals surface area (Å²) in [5, 5.41) is 2.90. The molecule has 3 fully saturated rings. The second kappa shape index (κ2) is 10.0. The maximum absolute atomic E-state index is 12.9. The molecule has 32 heavy (non-hydrogen) atoms. The number of hydrogen-bond acceptors (Lipinski definition) is 7. The second-order valence-electron chi connectivity index (χ2n) is 9.44. The Labute approximate surface area is 189 Å². The van der Waals surface area contributed by atoms with Gasteiger partial charge in [-0.15, -0.1) is 0 Å². The van der Waals surface area contributed by atoms with Crippen molar-refractivity contribution in [3.8, 4) is 0 Å². The number of anilines is 1. The van der Waals surface area contributed by atoms with Crippen LogP contribution in [0.3, 0.4) is 0 Å². The third kappa shape index (κ3) is 4.98. The Hall–Kier alpha value is -2.42. The number of fused-ring (bicyclic) bond motifs is 1. The van der Waals surface area contributed by atoms with Gasteiger partial charge in [-0.05, 0) is 62.2 Å². The van der Waals surface area contributed by atoms with Gasteiger partial charge in [0.1, 0.15) is 6.04 Å². The fourth-order valence-electron chi connectivity index (χ4n) is 5.56. The van der Waals surface area contributed by atoms with Gasteiger partial charge in [0.2, 0.25) is 5.91 Å². The quantitative estimate of drug-likeness (QED) is 0.664. The highest BCUT2D eigenvalue weighted by Gasteiger charge is 2.44. The molecule has 0 radical (unpaired) electrons. The molecule has 0 spiro atoms. The lowest BCUT2D eigenvalue weighted by Crippen LogP contribution is -2.42. The summed E-state index contributed by atoms with van der Waals surface area (Å²) < 4.78 is 0. The first-order valence-corrected chi connectivity index (χ1v) is 12.0. The number of nitrogens with one attached hydrogen (secondary N) is 3. The number of hydrazine groups is 1. The van der Waals surface area contributed by atoms with Crippen LogP contribution in [0.2, 0.25) is 0 Å². The summed E-state index contributed by atoms with van der Waals surface area (Å²) >= 11 is 0. The van der Waals surface area contributed by atoms with Gasteiger partial charge in [0.05, 0.1) is 6.20 Å². The highest BCUT2D eigenvalue weighted by Crippen LogP contribution is 2.39. The van der Waals surface area contributed by atoms with E-state index in [1.54, 1.807) is 18.6 Å². The van der Waals surface area contributed by atoms with Gasteiger partial charge < -0.3 is 5.32 Å². The largest absolute Gasteiger partial charge is 0.308 e. The third-order valence-corrected chi connectivity index (χ3v) is 7.24. The topological polar surface area (TPSA) is 95.1 Å². The van der Waals surface area contributed by atoms with E-state index in [2.05, 4.69) is 42.1 Å². The van der Waals surface area contributed by atoms with Gasteiger partial charge in [0, 0.05) is 43.3 Å².